The van der Waals surface area contributed by atoms with Crippen LogP contribution in [-0.2, 0) is 5.41 Å². The van der Waals surface area contributed by atoms with Gasteiger partial charge in [0.25, 0.3) is 0 Å². The molecule has 11 aromatic rings. The largest absolute Gasteiger partial charge is 0.455 e. The van der Waals surface area contributed by atoms with E-state index in [1.165, 1.54) is 44.5 Å². The Kier molecular flexibility index (Phi) is 6.65. The molecule has 0 unspecified atom stereocenters. The highest BCUT2D eigenvalue weighted by Crippen LogP contribution is 2.63. The maximum absolute atomic E-state index is 6.68. The molecule has 2 aliphatic carbocycles. The van der Waals surface area contributed by atoms with Crippen molar-refractivity contribution < 1.29 is 4.42 Å². The molecule has 0 aliphatic heterocycles. The number of aromatic nitrogens is 2. The van der Waals surface area contributed by atoms with E-state index in [4.69, 9.17) is 9.40 Å². The van der Waals surface area contributed by atoms with Crippen LogP contribution in [0.25, 0.3) is 94.6 Å². The number of fused-ring (bicyclic) bond motifs is 14. The molecule has 0 amide bonds. The molecular formula is C56H34N2O. The quantitative estimate of drug-likeness (QED) is 0.179. The topological polar surface area (TPSA) is 31.0 Å². The van der Waals surface area contributed by atoms with Crippen LogP contribution < -0.4 is 0 Å². The lowest BCUT2D eigenvalue weighted by Gasteiger charge is -2.30. The average Bonchev–Trinajstić information content (AvgIpc) is 4.04. The van der Waals surface area contributed by atoms with Gasteiger partial charge in [0.2, 0.25) is 0 Å². The summed E-state index contributed by atoms with van der Waals surface area (Å²) < 4.78 is 8.97. The third-order valence-corrected chi connectivity index (χ3v) is 12.8. The number of imidazole rings is 1. The molecule has 0 N–H and O–H groups in total. The molecule has 1 spiro atoms. The van der Waals surface area contributed by atoms with E-state index in [-0.39, 0.29) is 0 Å². The van der Waals surface area contributed by atoms with E-state index < -0.39 is 5.41 Å². The van der Waals surface area contributed by atoms with Gasteiger partial charge in [-0.2, -0.15) is 0 Å². The van der Waals surface area contributed by atoms with Gasteiger partial charge in [-0.15, -0.1) is 0 Å². The zero-order valence-electron chi connectivity index (χ0n) is 31.9. The van der Waals surface area contributed by atoms with Gasteiger partial charge in [-0.05, 0) is 116 Å². The van der Waals surface area contributed by atoms with Crippen molar-refractivity contribution in [2.75, 3.05) is 0 Å². The molecule has 0 atom stereocenters. The third kappa shape index (κ3) is 4.44. The predicted octanol–water partition coefficient (Wildman–Crippen LogP) is 14.3. The molecule has 2 heterocycles. The summed E-state index contributed by atoms with van der Waals surface area (Å²) in [5.74, 6) is 0.890. The molecule has 0 bridgehead atoms. The van der Waals surface area contributed by atoms with E-state index in [1.807, 2.05) is 6.07 Å². The first kappa shape index (κ1) is 32.3. The van der Waals surface area contributed by atoms with Crippen molar-refractivity contribution >= 4 is 33.0 Å². The predicted molar refractivity (Wildman–Crippen MR) is 241 cm³/mol. The van der Waals surface area contributed by atoms with Crippen LogP contribution in [0.15, 0.2) is 211 Å². The number of nitrogens with zero attached hydrogens (tertiary/aromatic N) is 2. The Morgan fingerprint density at radius 3 is 1.73 bits per heavy atom. The normalized spacial score (nSPS) is 13.2. The lowest BCUT2D eigenvalue weighted by Crippen LogP contribution is -2.25. The van der Waals surface area contributed by atoms with Gasteiger partial charge < -0.3 is 4.42 Å². The number of benzene rings is 9. The smallest absolute Gasteiger partial charge is 0.145 e. The highest BCUT2D eigenvalue weighted by molar-refractivity contribution is 6.10. The third-order valence-electron chi connectivity index (χ3n) is 12.8. The van der Waals surface area contributed by atoms with Gasteiger partial charge in [0, 0.05) is 27.6 Å². The summed E-state index contributed by atoms with van der Waals surface area (Å²) in [6, 6.07) is 74.9. The summed E-state index contributed by atoms with van der Waals surface area (Å²) >= 11 is 0. The Bertz CT molecular complexity index is 3450. The molecule has 59 heavy (non-hydrogen) atoms. The second-order valence-corrected chi connectivity index (χ2v) is 15.8. The fourth-order valence-corrected chi connectivity index (χ4v) is 10.4. The summed E-state index contributed by atoms with van der Waals surface area (Å²) in [6.45, 7) is 0. The van der Waals surface area contributed by atoms with Crippen LogP contribution in [0, 0.1) is 0 Å². The number of para-hydroxylation sites is 5. The molecule has 0 saturated carbocycles. The molecule has 3 heteroatoms. The zero-order chi connectivity index (χ0) is 38.7. The Balaban J connectivity index is 1.10. The number of furan rings is 1. The highest BCUT2D eigenvalue weighted by Gasteiger charge is 2.51. The van der Waals surface area contributed by atoms with Crippen molar-refractivity contribution in [3.63, 3.8) is 0 Å². The van der Waals surface area contributed by atoms with E-state index in [0.717, 1.165) is 72.3 Å². The fraction of sp³-hybridized carbons (Fsp3) is 0.0179. The van der Waals surface area contributed by atoms with Crippen molar-refractivity contribution in [1.82, 2.24) is 9.55 Å². The lowest BCUT2D eigenvalue weighted by molar-refractivity contribution is 0.670. The first-order valence-corrected chi connectivity index (χ1v) is 20.3. The first-order chi connectivity index (χ1) is 29.3. The molecular weight excluding hydrogens is 717 g/mol. The Morgan fingerprint density at radius 1 is 0.390 bits per heavy atom. The van der Waals surface area contributed by atoms with Crippen LogP contribution in [0.3, 0.4) is 0 Å². The van der Waals surface area contributed by atoms with Crippen molar-refractivity contribution in [2.45, 2.75) is 5.41 Å². The summed E-state index contributed by atoms with van der Waals surface area (Å²) in [4.78, 5) is 5.36. The van der Waals surface area contributed by atoms with E-state index in [9.17, 15) is 0 Å². The van der Waals surface area contributed by atoms with Crippen LogP contribution in [0.4, 0.5) is 0 Å². The van der Waals surface area contributed by atoms with E-state index in [1.54, 1.807) is 0 Å². The zero-order valence-corrected chi connectivity index (χ0v) is 31.9. The highest BCUT2D eigenvalue weighted by atomic mass is 16.3. The van der Waals surface area contributed by atoms with Gasteiger partial charge in [-0.1, -0.05) is 152 Å². The minimum atomic E-state index is -0.434. The van der Waals surface area contributed by atoms with Gasteiger partial charge in [-0.3, -0.25) is 4.57 Å². The van der Waals surface area contributed by atoms with Gasteiger partial charge >= 0.3 is 0 Å². The van der Waals surface area contributed by atoms with Crippen LogP contribution >= 0.6 is 0 Å². The molecule has 274 valence electrons. The Labute approximate surface area is 341 Å². The summed E-state index contributed by atoms with van der Waals surface area (Å²) in [5, 5.41) is 2.23. The van der Waals surface area contributed by atoms with Crippen molar-refractivity contribution in [3.05, 3.63) is 229 Å². The van der Waals surface area contributed by atoms with Gasteiger partial charge in [0.05, 0.1) is 16.4 Å². The second kappa shape index (κ2) is 12.1. The number of hydrogen-bond acceptors (Lipinski definition) is 2. The summed E-state index contributed by atoms with van der Waals surface area (Å²) in [6.07, 6.45) is 0. The summed E-state index contributed by atoms with van der Waals surface area (Å²) in [5.41, 5.74) is 20.4. The van der Waals surface area contributed by atoms with Crippen LogP contribution in [0.5, 0.6) is 0 Å². The standard InChI is InChI=1S/C56H34N2O/c1-2-15-39(16-3-1)58-52-27-12-11-26-51(52)57-55(58)38-32-36(31-37(33-38)40-21-14-22-46-45-20-7-13-28-53(45)59-54(40)46)35-29-30-44-43-19-6-10-25-49(43)56(50(44)34-35)47-23-8-4-17-41(47)42-18-5-9-24-48(42)56/h1-34H. The fourth-order valence-electron chi connectivity index (χ4n) is 10.4. The molecule has 13 rings (SSSR count). The van der Waals surface area contributed by atoms with E-state index >= 15 is 0 Å². The monoisotopic (exact) mass is 750 g/mol. The van der Waals surface area contributed by atoms with E-state index in [0.29, 0.717) is 0 Å². The number of hydrogen-bond donors (Lipinski definition) is 0. The molecule has 9 aromatic carbocycles. The van der Waals surface area contributed by atoms with Crippen LogP contribution in [0.1, 0.15) is 22.3 Å². The van der Waals surface area contributed by atoms with Crippen molar-refractivity contribution in [3.8, 4) is 61.6 Å². The van der Waals surface area contributed by atoms with Crippen molar-refractivity contribution in [1.29, 1.82) is 0 Å². The SMILES string of the molecule is c1ccc(-n2c(-c3cc(-c4ccc5c(c4)C4(c6ccccc6-c6ccccc64)c4ccccc4-5)cc(-c4cccc5c4oc4ccccc45)c3)nc3ccccc32)cc1. The molecule has 0 radical (unpaired) electrons. The molecule has 0 fully saturated rings. The maximum atomic E-state index is 6.68. The lowest BCUT2D eigenvalue weighted by atomic mass is 9.70. The van der Waals surface area contributed by atoms with Gasteiger partial charge in [0.1, 0.15) is 17.0 Å². The Morgan fingerprint density at radius 2 is 0.966 bits per heavy atom. The van der Waals surface area contributed by atoms with E-state index in [2.05, 4.69) is 205 Å². The van der Waals surface area contributed by atoms with Crippen LogP contribution in [0.2, 0.25) is 0 Å². The summed E-state index contributed by atoms with van der Waals surface area (Å²) in [7, 11) is 0. The molecule has 2 aromatic heterocycles. The minimum absolute atomic E-state index is 0.434. The maximum Gasteiger partial charge on any atom is 0.145 e. The number of rotatable bonds is 4. The average molecular weight is 751 g/mol. The van der Waals surface area contributed by atoms with Gasteiger partial charge in [-0.25, -0.2) is 4.98 Å². The minimum Gasteiger partial charge on any atom is -0.455 e. The first-order valence-electron chi connectivity index (χ1n) is 20.3. The van der Waals surface area contributed by atoms with Crippen molar-refractivity contribution in [2.24, 2.45) is 0 Å². The van der Waals surface area contributed by atoms with Gasteiger partial charge in [0.15, 0.2) is 0 Å². The molecule has 0 saturated heterocycles. The van der Waals surface area contributed by atoms with Crippen LogP contribution in [-0.4, -0.2) is 9.55 Å². The Hall–Kier alpha value is -7.75. The molecule has 2 aliphatic rings. The second-order valence-electron chi connectivity index (χ2n) is 15.8. The molecule has 3 nitrogen and oxygen atoms in total.